The lowest BCUT2D eigenvalue weighted by Crippen LogP contribution is -2.51. The van der Waals surface area contributed by atoms with Crippen LogP contribution in [0, 0.1) is 11.8 Å². The molecule has 0 radical (unpaired) electrons. The largest absolute Gasteiger partial charge is 0.444 e. The van der Waals surface area contributed by atoms with Crippen LogP contribution in [-0.4, -0.2) is 23.5 Å². The molecule has 4 heteroatoms. The zero-order valence-corrected chi connectivity index (χ0v) is 10.7. The van der Waals surface area contributed by atoms with Gasteiger partial charge in [-0.3, -0.25) is 0 Å². The number of hydrogen-bond donors (Lipinski definition) is 1. The van der Waals surface area contributed by atoms with E-state index < -0.39 is 17.2 Å². The summed E-state index contributed by atoms with van der Waals surface area (Å²) in [7, 11) is 0. The fourth-order valence-electron chi connectivity index (χ4n) is 1.89. The molecule has 0 aromatic rings. The molecule has 3 unspecified atom stereocenters. The van der Waals surface area contributed by atoms with E-state index in [0.717, 1.165) is 12.7 Å². The van der Waals surface area contributed by atoms with Gasteiger partial charge in [0.15, 0.2) is 0 Å². The molecule has 1 rings (SSSR count). The molecule has 0 aromatic carbocycles. The number of ether oxygens (including phenoxy) is 1. The summed E-state index contributed by atoms with van der Waals surface area (Å²) >= 11 is 0. The smallest absolute Gasteiger partial charge is 0.408 e. The van der Waals surface area contributed by atoms with Crippen molar-refractivity contribution in [3.05, 3.63) is 0 Å². The van der Waals surface area contributed by atoms with Crippen molar-refractivity contribution in [2.75, 3.05) is 0 Å². The fourth-order valence-corrected chi connectivity index (χ4v) is 1.89. The van der Waals surface area contributed by atoms with E-state index in [2.05, 4.69) is 12.2 Å². The minimum atomic E-state index is -0.790. The number of nitrogens with one attached hydrogen (secondary N) is 1. The maximum absolute atomic E-state index is 11.6. The number of hydrogen-bond acceptors (Lipinski definition) is 3. The third-order valence-corrected chi connectivity index (χ3v) is 2.89. The molecule has 0 aromatic heterocycles. The van der Waals surface area contributed by atoms with Crippen LogP contribution in [0.4, 0.5) is 4.79 Å². The van der Waals surface area contributed by atoms with E-state index in [9.17, 15) is 9.59 Å². The molecule has 4 nitrogen and oxygen atoms in total. The second-order valence-corrected chi connectivity index (χ2v) is 5.85. The number of carbonyl (C=O) groups is 2. The second kappa shape index (κ2) is 4.07. The first-order valence-corrected chi connectivity index (χ1v) is 5.65. The van der Waals surface area contributed by atoms with Crippen molar-refractivity contribution < 1.29 is 14.3 Å². The summed E-state index contributed by atoms with van der Waals surface area (Å²) < 4.78 is 5.14. The minimum absolute atomic E-state index is 0.234. The Labute approximate surface area is 96.7 Å². The first-order chi connectivity index (χ1) is 7.18. The quantitative estimate of drug-likeness (QED) is 0.751. The van der Waals surface area contributed by atoms with Crippen molar-refractivity contribution in [1.29, 1.82) is 0 Å². The van der Waals surface area contributed by atoms with E-state index in [-0.39, 0.29) is 5.92 Å². The Morgan fingerprint density at radius 2 is 1.88 bits per heavy atom. The second-order valence-electron chi connectivity index (χ2n) is 5.85. The van der Waals surface area contributed by atoms with Gasteiger partial charge in [-0.1, -0.05) is 6.92 Å². The summed E-state index contributed by atoms with van der Waals surface area (Å²) in [5, 5.41) is 2.66. The SMILES string of the molecule is CC1CC1C(C)(C=O)NC(=O)OC(C)(C)C. The Balaban J connectivity index is 2.57. The van der Waals surface area contributed by atoms with Gasteiger partial charge >= 0.3 is 6.09 Å². The highest BCUT2D eigenvalue weighted by molar-refractivity contribution is 5.77. The van der Waals surface area contributed by atoms with Crippen LogP contribution in [-0.2, 0) is 9.53 Å². The average Bonchev–Trinajstić information content (AvgIpc) is 2.79. The summed E-state index contributed by atoms with van der Waals surface area (Å²) in [6.45, 7) is 9.21. The van der Waals surface area contributed by atoms with Gasteiger partial charge < -0.3 is 14.8 Å². The number of alkyl carbamates (subject to hydrolysis) is 1. The molecule has 1 aliphatic carbocycles. The molecule has 3 atom stereocenters. The van der Waals surface area contributed by atoms with E-state index >= 15 is 0 Å². The van der Waals surface area contributed by atoms with Crippen molar-refractivity contribution >= 4 is 12.4 Å². The van der Waals surface area contributed by atoms with Crippen LogP contribution in [0.2, 0.25) is 0 Å². The van der Waals surface area contributed by atoms with E-state index in [4.69, 9.17) is 4.74 Å². The van der Waals surface area contributed by atoms with E-state index in [1.54, 1.807) is 27.7 Å². The van der Waals surface area contributed by atoms with Crippen LogP contribution in [0.3, 0.4) is 0 Å². The van der Waals surface area contributed by atoms with Crippen molar-refractivity contribution in [2.24, 2.45) is 11.8 Å². The number of aldehydes is 1. The highest BCUT2D eigenvalue weighted by atomic mass is 16.6. The van der Waals surface area contributed by atoms with Crippen molar-refractivity contribution in [3.8, 4) is 0 Å². The van der Waals surface area contributed by atoms with Gasteiger partial charge in [-0.05, 0) is 46.0 Å². The summed E-state index contributed by atoms with van der Waals surface area (Å²) in [5.41, 5.74) is -1.33. The Hall–Kier alpha value is -1.06. The van der Waals surface area contributed by atoms with Crippen LogP contribution in [0.15, 0.2) is 0 Å². The zero-order valence-electron chi connectivity index (χ0n) is 10.7. The Morgan fingerprint density at radius 3 is 2.19 bits per heavy atom. The number of rotatable bonds is 3. The van der Waals surface area contributed by atoms with Crippen molar-refractivity contribution in [3.63, 3.8) is 0 Å². The van der Waals surface area contributed by atoms with Crippen LogP contribution < -0.4 is 5.32 Å². The molecule has 0 bridgehead atoms. The van der Waals surface area contributed by atoms with Gasteiger partial charge in [0.25, 0.3) is 0 Å². The molecule has 0 heterocycles. The summed E-state index contributed by atoms with van der Waals surface area (Å²) in [6.07, 6.45) is 1.26. The molecule has 0 saturated heterocycles. The molecule has 16 heavy (non-hydrogen) atoms. The maximum atomic E-state index is 11.6. The standard InChI is InChI=1S/C12H21NO3/c1-8-6-9(8)12(5,7-14)13-10(15)16-11(2,3)4/h7-9H,6H2,1-5H3,(H,13,15). The van der Waals surface area contributed by atoms with E-state index in [1.165, 1.54) is 0 Å². The van der Waals surface area contributed by atoms with Gasteiger partial charge in [0, 0.05) is 0 Å². The summed E-state index contributed by atoms with van der Waals surface area (Å²) in [5.74, 6) is 0.725. The molecule has 0 spiro atoms. The van der Waals surface area contributed by atoms with Gasteiger partial charge in [-0.2, -0.15) is 0 Å². The van der Waals surface area contributed by atoms with Gasteiger partial charge in [-0.15, -0.1) is 0 Å². The Bertz CT molecular complexity index is 295. The third kappa shape index (κ3) is 3.22. The fraction of sp³-hybridized carbons (Fsp3) is 0.833. The first-order valence-electron chi connectivity index (χ1n) is 5.65. The van der Waals surface area contributed by atoms with Gasteiger partial charge in [0.2, 0.25) is 0 Å². The van der Waals surface area contributed by atoms with Gasteiger partial charge in [-0.25, -0.2) is 4.79 Å². The zero-order chi connectivity index (χ0) is 12.6. The lowest BCUT2D eigenvalue weighted by atomic mass is 9.97. The van der Waals surface area contributed by atoms with E-state index in [0.29, 0.717) is 5.92 Å². The monoisotopic (exact) mass is 227 g/mol. The molecule has 0 aliphatic heterocycles. The van der Waals surface area contributed by atoms with Crippen LogP contribution in [0.5, 0.6) is 0 Å². The molecule has 1 aliphatic rings. The lowest BCUT2D eigenvalue weighted by Gasteiger charge is -2.27. The molecule has 1 amide bonds. The molecule has 1 saturated carbocycles. The molecule has 1 fully saturated rings. The topological polar surface area (TPSA) is 55.4 Å². The molecule has 1 N–H and O–H groups in total. The Kier molecular flexibility index (Phi) is 3.31. The minimum Gasteiger partial charge on any atom is -0.444 e. The third-order valence-electron chi connectivity index (χ3n) is 2.89. The maximum Gasteiger partial charge on any atom is 0.408 e. The van der Waals surface area contributed by atoms with Crippen molar-refractivity contribution in [2.45, 2.75) is 52.2 Å². The average molecular weight is 227 g/mol. The predicted octanol–water partition coefficient (Wildman–Crippen LogP) is 2.12. The summed E-state index contributed by atoms with van der Waals surface area (Å²) in [6, 6.07) is 0. The predicted molar refractivity (Wildman–Crippen MR) is 61.1 cm³/mol. The van der Waals surface area contributed by atoms with Crippen LogP contribution in [0.25, 0.3) is 0 Å². The van der Waals surface area contributed by atoms with Crippen LogP contribution >= 0.6 is 0 Å². The van der Waals surface area contributed by atoms with Gasteiger partial charge in [0.1, 0.15) is 11.9 Å². The summed E-state index contributed by atoms with van der Waals surface area (Å²) in [4.78, 5) is 22.7. The van der Waals surface area contributed by atoms with E-state index in [1.807, 2.05) is 0 Å². The van der Waals surface area contributed by atoms with Crippen molar-refractivity contribution in [1.82, 2.24) is 5.32 Å². The first kappa shape index (κ1) is 13.0. The van der Waals surface area contributed by atoms with Crippen LogP contribution in [0.1, 0.15) is 41.0 Å². The number of carbonyl (C=O) groups excluding carboxylic acids is 2. The molecular formula is C12H21NO3. The Morgan fingerprint density at radius 1 is 1.38 bits per heavy atom. The molecule has 92 valence electrons. The molecular weight excluding hydrogens is 206 g/mol. The van der Waals surface area contributed by atoms with Gasteiger partial charge in [0.05, 0.1) is 5.54 Å². The lowest BCUT2D eigenvalue weighted by molar-refractivity contribution is -0.113. The normalized spacial score (nSPS) is 27.8. The number of amides is 1. The highest BCUT2D eigenvalue weighted by Gasteiger charge is 2.49. The highest BCUT2D eigenvalue weighted by Crippen LogP contribution is 2.45.